The summed E-state index contributed by atoms with van der Waals surface area (Å²) in [6.45, 7) is 2.27. The van der Waals surface area contributed by atoms with Gasteiger partial charge in [-0.2, -0.15) is 0 Å². The van der Waals surface area contributed by atoms with Crippen LogP contribution in [0.15, 0.2) is 0 Å². The fraction of sp³-hybridized carbons (Fsp3) is 1.00. The molecule has 96 valence electrons. The minimum atomic E-state index is -1.31. The van der Waals surface area contributed by atoms with Crippen LogP contribution >= 0.6 is 20.1 Å². The van der Waals surface area contributed by atoms with E-state index in [9.17, 15) is 0 Å². The molecule has 0 N–H and O–H groups in total. The molecule has 0 fully saturated rings. The molecule has 0 aromatic rings. The lowest BCUT2D eigenvalue weighted by Gasteiger charge is -2.02. The molecule has 3 heteroatoms. The normalized spacial score (nSPS) is 10.7. The van der Waals surface area contributed by atoms with Gasteiger partial charge in [0.05, 0.1) is 0 Å². The first kappa shape index (κ1) is 17.1. The van der Waals surface area contributed by atoms with Crippen LogP contribution in [0.4, 0.5) is 0 Å². The van der Waals surface area contributed by atoms with Crippen LogP contribution in [0.1, 0.15) is 77.6 Å². The maximum atomic E-state index is 5.81. The highest BCUT2D eigenvalue weighted by atomic mass is 35.7. The van der Waals surface area contributed by atoms with Crippen molar-refractivity contribution in [2.75, 3.05) is 0 Å². The molecule has 0 aromatic heterocycles. The predicted molar refractivity (Wildman–Crippen MR) is 78.7 cm³/mol. The van der Waals surface area contributed by atoms with E-state index >= 15 is 0 Å². The minimum absolute atomic E-state index is 1.10. The third-order valence-electron chi connectivity index (χ3n) is 3.03. The number of rotatable bonds is 12. The molecule has 0 aromatic carbocycles. The highest BCUT2D eigenvalue weighted by molar-refractivity contribution is 7.33. The molecular formula is C13H27AlCl2. The van der Waals surface area contributed by atoms with Crippen LogP contribution in [0, 0.1) is 0 Å². The highest BCUT2D eigenvalue weighted by Crippen LogP contribution is 2.14. The quantitative estimate of drug-likeness (QED) is 0.292. The van der Waals surface area contributed by atoms with E-state index in [-0.39, 0.29) is 0 Å². The number of hydrogen-bond donors (Lipinski definition) is 0. The second-order valence-corrected chi connectivity index (χ2v) is 9.91. The van der Waals surface area contributed by atoms with Crippen LogP contribution in [-0.2, 0) is 0 Å². The Balaban J connectivity index is 2.88. The van der Waals surface area contributed by atoms with Gasteiger partial charge in [-0.25, -0.2) is 20.1 Å². The van der Waals surface area contributed by atoms with E-state index in [1.54, 1.807) is 0 Å². The Hall–Kier alpha value is 1.11. The van der Waals surface area contributed by atoms with Gasteiger partial charge in [0, 0.05) is 0 Å². The molecule has 0 radical (unpaired) electrons. The molecule has 0 saturated heterocycles. The maximum absolute atomic E-state index is 5.81. The fourth-order valence-corrected chi connectivity index (χ4v) is 3.49. The van der Waals surface area contributed by atoms with E-state index in [1.165, 1.54) is 70.6 Å². The highest BCUT2D eigenvalue weighted by Gasteiger charge is 2.08. The zero-order valence-electron chi connectivity index (χ0n) is 10.8. The molecule has 0 atom stereocenters. The van der Waals surface area contributed by atoms with Crippen LogP contribution < -0.4 is 0 Å². The molecule has 0 rings (SSSR count). The number of halogens is 2. The van der Waals surface area contributed by atoms with E-state index in [4.69, 9.17) is 20.1 Å². The van der Waals surface area contributed by atoms with Crippen molar-refractivity contribution in [1.29, 1.82) is 0 Å². The summed E-state index contributed by atoms with van der Waals surface area (Å²) in [6, 6.07) is 0. The van der Waals surface area contributed by atoms with Crippen molar-refractivity contribution in [1.82, 2.24) is 0 Å². The average molecular weight is 281 g/mol. The summed E-state index contributed by atoms with van der Waals surface area (Å²) in [5.74, 6) is 0. The van der Waals surface area contributed by atoms with Crippen molar-refractivity contribution >= 4 is 32.4 Å². The summed E-state index contributed by atoms with van der Waals surface area (Å²) in [5.41, 5.74) is 0. The second-order valence-electron chi connectivity index (χ2n) is 4.72. The fourth-order valence-electron chi connectivity index (χ4n) is 1.96. The van der Waals surface area contributed by atoms with Crippen molar-refractivity contribution in [3.8, 4) is 0 Å². The summed E-state index contributed by atoms with van der Waals surface area (Å²) >= 11 is -1.31. The third-order valence-corrected chi connectivity index (χ3v) is 5.18. The SMILES string of the molecule is CCCCCCCCCCCC[CH2][Al]([Cl])[Cl]. The number of unbranched alkanes of at least 4 members (excludes halogenated alkanes) is 10. The monoisotopic (exact) mass is 280 g/mol. The van der Waals surface area contributed by atoms with Gasteiger partial charge in [0.25, 0.3) is 0 Å². The predicted octanol–water partition coefficient (Wildman–Crippen LogP) is 6.26. The first-order valence-corrected chi connectivity index (χ1v) is 11.4. The Morgan fingerprint density at radius 2 is 1.00 bits per heavy atom. The van der Waals surface area contributed by atoms with Crippen LogP contribution in [0.3, 0.4) is 0 Å². The lowest BCUT2D eigenvalue weighted by atomic mass is 10.1. The lowest BCUT2D eigenvalue weighted by Crippen LogP contribution is -1.91. The molecule has 0 aliphatic rings. The Bertz CT molecular complexity index is 129. The van der Waals surface area contributed by atoms with E-state index in [1.807, 2.05) is 0 Å². The molecule has 16 heavy (non-hydrogen) atoms. The summed E-state index contributed by atoms with van der Waals surface area (Å²) in [7, 11) is 11.6. The number of hydrogen-bond acceptors (Lipinski definition) is 0. The van der Waals surface area contributed by atoms with Gasteiger partial charge in [0.15, 0.2) is 0 Å². The molecular weight excluding hydrogens is 254 g/mol. The lowest BCUT2D eigenvalue weighted by molar-refractivity contribution is 0.554. The van der Waals surface area contributed by atoms with Gasteiger partial charge in [-0.3, -0.25) is 0 Å². The van der Waals surface area contributed by atoms with Crippen molar-refractivity contribution < 1.29 is 0 Å². The topological polar surface area (TPSA) is 0 Å². The molecule has 0 amide bonds. The zero-order valence-corrected chi connectivity index (χ0v) is 13.5. The Kier molecular flexibility index (Phi) is 15.2. The summed E-state index contributed by atoms with van der Waals surface area (Å²) in [6.07, 6.45) is 15.3. The van der Waals surface area contributed by atoms with Gasteiger partial charge in [-0.05, 0) is 0 Å². The smallest absolute Gasteiger partial charge is 0.234 e. The Labute approximate surface area is 115 Å². The standard InChI is InChI=1S/C13H27.Al.2ClH/c1-3-5-7-9-11-13-12-10-8-6-4-2;;;/h1,3-13H2,2H3;;2*1H/q;+2;;/p-2. The van der Waals surface area contributed by atoms with Gasteiger partial charge in [-0.15, -0.1) is 0 Å². The second kappa shape index (κ2) is 14.2. The van der Waals surface area contributed by atoms with Crippen molar-refractivity contribution in [2.45, 2.75) is 82.8 Å². The zero-order chi connectivity index (χ0) is 12.1. The van der Waals surface area contributed by atoms with E-state index in [0.717, 1.165) is 5.28 Å². The molecule has 0 bridgehead atoms. The average Bonchev–Trinajstić information content (AvgIpc) is 2.25. The summed E-state index contributed by atoms with van der Waals surface area (Å²) in [4.78, 5) is 0. The van der Waals surface area contributed by atoms with Crippen molar-refractivity contribution in [3.05, 3.63) is 0 Å². The van der Waals surface area contributed by atoms with Crippen LogP contribution in [0.2, 0.25) is 5.28 Å². The van der Waals surface area contributed by atoms with Crippen molar-refractivity contribution in [2.24, 2.45) is 0 Å². The molecule has 0 aliphatic heterocycles. The largest absolute Gasteiger partial charge is 0.519 e. The Morgan fingerprint density at radius 3 is 1.38 bits per heavy atom. The van der Waals surface area contributed by atoms with E-state index in [0.29, 0.717) is 0 Å². The van der Waals surface area contributed by atoms with Gasteiger partial charge in [0.1, 0.15) is 0 Å². The molecule has 0 aliphatic carbocycles. The van der Waals surface area contributed by atoms with Crippen LogP contribution in [0.25, 0.3) is 0 Å². The third kappa shape index (κ3) is 15.1. The van der Waals surface area contributed by atoms with Gasteiger partial charge >= 0.3 is 12.3 Å². The van der Waals surface area contributed by atoms with E-state index in [2.05, 4.69) is 6.92 Å². The first-order chi connectivity index (χ1) is 7.77. The first-order valence-electron chi connectivity index (χ1n) is 7.05. The molecule has 0 nitrogen and oxygen atoms in total. The molecule has 0 spiro atoms. The molecule has 0 unspecified atom stereocenters. The van der Waals surface area contributed by atoms with Gasteiger partial charge < -0.3 is 0 Å². The van der Waals surface area contributed by atoms with Gasteiger partial charge in [0.2, 0.25) is 0 Å². The molecule has 0 saturated carbocycles. The Morgan fingerprint density at radius 1 is 0.625 bits per heavy atom. The van der Waals surface area contributed by atoms with Crippen LogP contribution in [0.5, 0.6) is 0 Å². The van der Waals surface area contributed by atoms with E-state index < -0.39 is 12.3 Å². The summed E-state index contributed by atoms with van der Waals surface area (Å²) in [5, 5.41) is 1.10. The van der Waals surface area contributed by atoms with Gasteiger partial charge in [-0.1, -0.05) is 82.8 Å². The molecule has 0 heterocycles. The van der Waals surface area contributed by atoms with Crippen LogP contribution in [-0.4, -0.2) is 12.3 Å². The summed E-state index contributed by atoms with van der Waals surface area (Å²) < 4.78 is 0. The minimum Gasteiger partial charge on any atom is -0.234 e. The maximum Gasteiger partial charge on any atom is 0.519 e. The van der Waals surface area contributed by atoms with Crippen molar-refractivity contribution in [3.63, 3.8) is 0 Å².